The normalized spacial score (nSPS) is 19.5. The molecular weight excluding hydrogens is 430 g/mol. The number of nitrogens with zero attached hydrogens (tertiary/aromatic N) is 8. The van der Waals surface area contributed by atoms with Crippen LogP contribution in [-0.2, 0) is 4.74 Å². The highest BCUT2D eigenvalue weighted by Gasteiger charge is 2.24. The Morgan fingerprint density at radius 1 is 1.03 bits per heavy atom. The number of anilines is 3. The summed E-state index contributed by atoms with van der Waals surface area (Å²) in [5.41, 5.74) is 1.94. The number of nitrogens with one attached hydrogen (secondary N) is 1. The first-order valence-electron chi connectivity index (χ1n) is 11.9. The van der Waals surface area contributed by atoms with Gasteiger partial charge in [-0.3, -0.25) is 4.98 Å². The Morgan fingerprint density at radius 2 is 1.91 bits per heavy atom. The van der Waals surface area contributed by atoms with Crippen molar-refractivity contribution in [3.8, 4) is 0 Å². The van der Waals surface area contributed by atoms with Gasteiger partial charge >= 0.3 is 0 Å². The molecule has 6 heterocycles. The fourth-order valence-corrected chi connectivity index (χ4v) is 5.11. The van der Waals surface area contributed by atoms with E-state index in [1.54, 1.807) is 0 Å². The molecule has 0 aliphatic carbocycles. The van der Waals surface area contributed by atoms with Gasteiger partial charge in [0, 0.05) is 48.9 Å². The van der Waals surface area contributed by atoms with Gasteiger partial charge in [0.05, 0.1) is 24.4 Å². The standard InChI is InChI=1S/C24H29N9O/c1-31(2)16-6-10-32(11-7-16)22-4-3-21(29-30-22)27-24-26-13-19-18-5-9-25-14-20(18)33(23(19)28-24)17-8-12-34-15-17/h3-5,9,13-14,16-17H,6-8,10-12,15H2,1-2H3,(H,26,27,28,29)/t17-/m1/s1. The van der Waals surface area contributed by atoms with E-state index in [-0.39, 0.29) is 6.04 Å². The van der Waals surface area contributed by atoms with Crippen molar-refractivity contribution >= 4 is 39.5 Å². The van der Waals surface area contributed by atoms with Crippen LogP contribution in [0.2, 0.25) is 0 Å². The molecule has 0 radical (unpaired) electrons. The first-order valence-corrected chi connectivity index (χ1v) is 11.9. The SMILES string of the molecule is CN(C)C1CCN(c2ccc(Nc3ncc4c5ccncc5n([C@@H]5CCOC5)c4n3)nn2)CC1. The molecule has 1 N–H and O–H groups in total. The molecule has 2 aliphatic rings. The van der Waals surface area contributed by atoms with Crippen molar-refractivity contribution in [2.75, 3.05) is 50.6 Å². The second-order valence-corrected chi connectivity index (χ2v) is 9.29. The third kappa shape index (κ3) is 3.82. The van der Waals surface area contributed by atoms with E-state index in [1.807, 2.05) is 36.8 Å². The van der Waals surface area contributed by atoms with Gasteiger partial charge in [-0.25, -0.2) is 4.98 Å². The third-order valence-electron chi connectivity index (χ3n) is 7.03. The topological polar surface area (TPSA) is 97.1 Å². The predicted octanol–water partition coefficient (Wildman–Crippen LogP) is 3.00. The minimum Gasteiger partial charge on any atom is -0.379 e. The van der Waals surface area contributed by atoms with E-state index in [0.717, 1.165) is 66.7 Å². The average Bonchev–Trinajstić information content (AvgIpc) is 3.50. The largest absolute Gasteiger partial charge is 0.379 e. The molecule has 2 aliphatic heterocycles. The monoisotopic (exact) mass is 459 g/mol. The fraction of sp³-hybridized carbons (Fsp3) is 0.458. The van der Waals surface area contributed by atoms with Gasteiger partial charge in [0.25, 0.3) is 0 Å². The van der Waals surface area contributed by atoms with Crippen molar-refractivity contribution in [1.29, 1.82) is 0 Å². The van der Waals surface area contributed by atoms with Gasteiger partial charge in [-0.1, -0.05) is 0 Å². The van der Waals surface area contributed by atoms with Crippen LogP contribution in [0.1, 0.15) is 25.3 Å². The molecule has 0 aromatic carbocycles. The molecule has 2 fully saturated rings. The van der Waals surface area contributed by atoms with E-state index < -0.39 is 0 Å². The number of rotatable bonds is 5. The summed E-state index contributed by atoms with van der Waals surface area (Å²) in [6, 6.07) is 6.86. The maximum absolute atomic E-state index is 5.66. The molecule has 6 rings (SSSR count). The van der Waals surface area contributed by atoms with Crippen LogP contribution in [0, 0.1) is 0 Å². The van der Waals surface area contributed by atoms with Crippen LogP contribution in [0.15, 0.2) is 36.8 Å². The van der Waals surface area contributed by atoms with Crippen molar-refractivity contribution < 1.29 is 4.74 Å². The second-order valence-electron chi connectivity index (χ2n) is 9.29. The van der Waals surface area contributed by atoms with Crippen LogP contribution in [0.25, 0.3) is 21.9 Å². The minimum absolute atomic E-state index is 0.239. The first-order chi connectivity index (χ1) is 16.7. The van der Waals surface area contributed by atoms with E-state index >= 15 is 0 Å². The lowest BCUT2D eigenvalue weighted by atomic mass is 10.0. The number of hydrogen-bond donors (Lipinski definition) is 1. The highest BCUT2D eigenvalue weighted by Crippen LogP contribution is 2.33. The van der Waals surface area contributed by atoms with Gasteiger partial charge in [-0.2, -0.15) is 4.98 Å². The Bertz CT molecular complexity index is 1290. The molecule has 176 valence electrons. The molecule has 0 unspecified atom stereocenters. The number of fused-ring (bicyclic) bond motifs is 3. The molecule has 2 saturated heterocycles. The molecule has 0 saturated carbocycles. The third-order valence-corrected chi connectivity index (χ3v) is 7.03. The summed E-state index contributed by atoms with van der Waals surface area (Å²) in [5, 5.41) is 14.2. The quantitative estimate of drug-likeness (QED) is 0.483. The van der Waals surface area contributed by atoms with Gasteiger partial charge in [0.15, 0.2) is 11.6 Å². The molecule has 10 heteroatoms. The maximum Gasteiger partial charge on any atom is 0.230 e. The maximum atomic E-state index is 5.66. The van der Waals surface area contributed by atoms with E-state index in [1.165, 1.54) is 0 Å². The molecule has 0 bridgehead atoms. The van der Waals surface area contributed by atoms with E-state index in [2.05, 4.69) is 53.9 Å². The molecule has 0 amide bonds. The van der Waals surface area contributed by atoms with E-state index in [0.29, 0.717) is 24.4 Å². The number of aromatic nitrogens is 6. The summed E-state index contributed by atoms with van der Waals surface area (Å²) in [7, 11) is 4.30. The van der Waals surface area contributed by atoms with Crippen molar-refractivity contribution in [2.24, 2.45) is 0 Å². The lowest BCUT2D eigenvalue weighted by Gasteiger charge is -2.35. The molecule has 10 nitrogen and oxygen atoms in total. The van der Waals surface area contributed by atoms with Crippen LogP contribution in [-0.4, -0.2) is 81.1 Å². The Balaban J connectivity index is 1.25. The number of hydrogen-bond acceptors (Lipinski definition) is 9. The zero-order valence-corrected chi connectivity index (χ0v) is 19.6. The van der Waals surface area contributed by atoms with Crippen LogP contribution >= 0.6 is 0 Å². The van der Waals surface area contributed by atoms with Crippen molar-refractivity contribution in [3.63, 3.8) is 0 Å². The van der Waals surface area contributed by atoms with Gasteiger partial charge in [-0.15, -0.1) is 10.2 Å². The summed E-state index contributed by atoms with van der Waals surface area (Å²) in [6.07, 6.45) is 8.81. The molecule has 1 atom stereocenters. The van der Waals surface area contributed by atoms with Gasteiger partial charge in [0.1, 0.15) is 5.65 Å². The lowest BCUT2D eigenvalue weighted by molar-refractivity contribution is 0.187. The smallest absolute Gasteiger partial charge is 0.230 e. The summed E-state index contributed by atoms with van der Waals surface area (Å²) < 4.78 is 7.90. The average molecular weight is 460 g/mol. The Labute approximate surface area is 198 Å². The number of piperidine rings is 1. The molecule has 4 aromatic rings. The van der Waals surface area contributed by atoms with Crippen LogP contribution in [0.3, 0.4) is 0 Å². The zero-order chi connectivity index (χ0) is 23.1. The summed E-state index contributed by atoms with van der Waals surface area (Å²) in [6.45, 7) is 3.43. The zero-order valence-electron chi connectivity index (χ0n) is 19.6. The van der Waals surface area contributed by atoms with Crippen molar-refractivity contribution in [2.45, 2.75) is 31.3 Å². The summed E-state index contributed by atoms with van der Waals surface area (Å²) in [4.78, 5) is 18.4. The van der Waals surface area contributed by atoms with Crippen molar-refractivity contribution in [3.05, 3.63) is 36.8 Å². The Hall–Kier alpha value is -3.37. The van der Waals surface area contributed by atoms with Crippen LogP contribution in [0.4, 0.5) is 17.6 Å². The first kappa shape index (κ1) is 21.2. The van der Waals surface area contributed by atoms with Crippen LogP contribution in [0.5, 0.6) is 0 Å². The summed E-state index contributed by atoms with van der Waals surface area (Å²) in [5.74, 6) is 2.03. The van der Waals surface area contributed by atoms with Gasteiger partial charge in [-0.05, 0) is 51.6 Å². The molecular formula is C24H29N9O. The molecule has 34 heavy (non-hydrogen) atoms. The van der Waals surface area contributed by atoms with Crippen LogP contribution < -0.4 is 10.2 Å². The molecule has 4 aromatic heterocycles. The predicted molar refractivity (Wildman–Crippen MR) is 132 cm³/mol. The highest BCUT2D eigenvalue weighted by atomic mass is 16.5. The number of ether oxygens (including phenoxy) is 1. The van der Waals surface area contributed by atoms with Gasteiger partial charge < -0.3 is 24.4 Å². The van der Waals surface area contributed by atoms with E-state index in [9.17, 15) is 0 Å². The fourth-order valence-electron chi connectivity index (χ4n) is 5.11. The Kier molecular flexibility index (Phi) is 5.46. The highest BCUT2D eigenvalue weighted by molar-refractivity contribution is 6.06. The lowest BCUT2D eigenvalue weighted by Crippen LogP contribution is -2.42. The Morgan fingerprint density at radius 3 is 2.65 bits per heavy atom. The minimum atomic E-state index is 0.239. The van der Waals surface area contributed by atoms with Crippen molar-refractivity contribution in [1.82, 2.24) is 34.6 Å². The summed E-state index contributed by atoms with van der Waals surface area (Å²) >= 11 is 0. The number of pyridine rings is 1. The second kappa shape index (κ2) is 8.77. The molecule has 0 spiro atoms. The van der Waals surface area contributed by atoms with Gasteiger partial charge in [0.2, 0.25) is 5.95 Å². The van der Waals surface area contributed by atoms with E-state index in [4.69, 9.17) is 9.72 Å².